The van der Waals surface area contributed by atoms with Gasteiger partial charge in [-0.15, -0.1) is 6.58 Å². The van der Waals surface area contributed by atoms with E-state index in [1.165, 1.54) is 0 Å². The fourth-order valence-electron chi connectivity index (χ4n) is 5.99. The quantitative estimate of drug-likeness (QED) is 0.852. The fraction of sp³-hybridized carbons (Fsp3) is 0.550. The molecule has 1 spiro atoms. The van der Waals surface area contributed by atoms with Gasteiger partial charge in [-0.25, -0.2) is 0 Å². The zero-order valence-electron chi connectivity index (χ0n) is 14.4. The third-order valence-corrected chi connectivity index (χ3v) is 6.85. The summed E-state index contributed by atoms with van der Waals surface area (Å²) in [6, 6.07) is 3.82. The highest BCUT2D eigenvalue weighted by Gasteiger charge is 2.67. The molecule has 2 fully saturated rings. The number of aliphatic hydroxyl groups excluding tert-OH is 1. The van der Waals surface area contributed by atoms with Crippen LogP contribution in [0.3, 0.4) is 0 Å². The maximum absolute atomic E-state index is 12.8. The minimum Gasteiger partial charge on any atom is -0.493 e. The number of benzene rings is 1. The van der Waals surface area contributed by atoms with Crippen LogP contribution in [0.4, 0.5) is 0 Å². The second-order valence-corrected chi connectivity index (χ2v) is 7.68. The Morgan fingerprint density at radius 3 is 3.12 bits per heavy atom. The van der Waals surface area contributed by atoms with E-state index in [0.29, 0.717) is 17.9 Å². The first-order valence-corrected chi connectivity index (χ1v) is 9.07. The first-order chi connectivity index (χ1) is 12.1. The molecule has 5 nitrogen and oxygen atoms in total. The summed E-state index contributed by atoms with van der Waals surface area (Å²) in [6.45, 7) is 5.47. The molecule has 25 heavy (non-hydrogen) atoms. The second kappa shape index (κ2) is 5.08. The summed E-state index contributed by atoms with van der Waals surface area (Å²) in [5, 5.41) is 11.2. The van der Waals surface area contributed by atoms with Gasteiger partial charge in [-0.3, -0.25) is 9.69 Å². The molecular formula is C20H23NO4. The molecule has 0 radical (unpaired) electrons. The lowest BCUT2D eigenvalue weighted by atomic mass is 9.51. The van der Waals surface area contributed by atoms with Crippen LogP contribution in [0.5, 0.6) is 11.5 Å². The third kappa shape index (κ3) is 1.68. The van der Waals surface area contributed by atoms with Gasteiger partial charge >= 0.3 is 0 Å². The highest BCUT2D eigenvalue weighted by atomic mass is 16.5. The van der Waals surface area contributed by atoms with Crippen molar-refractivity contribution in [3.63, 3.8) is 0 Å². The van der Waals surface area contributed by atoms with Gasteiger partial charge in [0.1, 0.15) is 0 Å². The SMILES string of the molecule is C=CCN1CC[C@]23c4c5ccc(OC)c4O[C@H]2C(=O)CC[C@H]3[C@H]1C5O. The molecule has 5 rings (SSSR count). The summed E-state index contributed by atoms with van der Waals surface area (Å²) >= 11 is 0. The molecule has 2 bridgehead atoms. The van der Waals surface area contributed by atoms with Gasteiger partial charge in [-0.05, 0) is 36.9 Å². The normalized spacial score (nSPS) is 38.1. The number of hydrogen-bond donors (Lipinski definition) is 1. The number of ketones is 1. The fourth-order valence-corrected chi connectivity index (χ4v) is 5.99. The molecule has 1 saturated carbocycles. The molecule has 5 atom stereocenters. The smallest absolute Gasteiger partial charge is 0.174 e. The summed E-state index contributed by atoms with van der Waals surface area (Å²) in [5.41, 5.74) is 1.63. The van der Waals surface area contributed by atoms with Crippen molar-refractivity contribution in [2.45, 2.75) is 42.9 Å². The lowest BCUT2D eigenvalue weighted by Crippen LogP contribution is -2.67. The average molecular weight is 341 g/mol. The van der Waals surface area contributed by atoms with E-state index in [4.69, 9.17) is 9.47 Å². The van der Waals surface area contributed by atoms with E-state index in [1.54, 1.807) is 7.11 Å². The van der Waals surface area contributed by atoms with Crippen molar-refractivity contribution in [1.29, 1.82) is 0 Å². The largest absolute Gasteiger partial charge is 0.493 e. The maximum atomic E-state index is 12.8. The third-order valence-electron chi connectivity index (χ3n) is 6.85. The number of carbonyl (C=O) groups is 1. The van der Waals surface area contributed by atoms with E-state index in [2.05, 4.69) is 11.5 Å². The van der Waals surface area contributed by atoms with Gasteiger partial charge in [0.15, 0.2) is 23.4 Å². The molecule has 0 amide bonds. The van der Waals surface area contributed by atoms with Crippen LogP contribution in [-0.4, -0.2) is 48.1 Å². The van der Waals surface area contributed by atoms with Gasteiger partial charge < -0.3 is 14.6 Å². The molecule has 132 valence electrons. The number of hydrogen-bond acceptors (Lipinski definition) is 5. The van der Waals surface area contributed by atoms with Crippen molar-refractivity contribution >= 4 is 5.78 Å². The van der Waals surface area contributed by atoms with E-state index in [-0.39, 0.29) is 23.2 Å². The Labute approximate surface area is 147 Å². The predicted molar refractivity (Wildman–Crippen MR) is 92.0 cm³/mol. The topological polar surface area (TPSA) is 59.0 Å². The van der Waals surface area contributed by atoms with Crippen molar-refractivity contribution in [3.8, 4) is 11.5 Å². The Morgan fingerprint density at radius 1 is 1.52 bits per heavy atom. The van der Waals surface area contributed by atoms with E-state index >= 15 is 0 Å². The molecule has 1 aromatic carbocycles. The molecular weight excluding hydrogens is 318 g/mol. The number of methoxy groups -OCH3 is 1. The Balaban J connectivity index is 1.78. The summed E-state index contributed by atoms with van der Waals surface area (Å²) in [4.78, 5) is 15.1. The monoisotopic (exact) mass is 341 g/mol. The van der Waals surface area contributed by atoms with Crippen molar-refractivity contribution in [2.24, 2.45) is 5.92 Å². The number of aliphatic hydroxyl groups is 1. The molecule has 0 aromatic heterocycles. The highest BCUT2D eigenvalue weighted by molar-refractivity contribution is 5.89. The highest BCUT2D eigenvalue weighted by Crippen LogP contribution is 2.65. The number of rotatable bonds is 3. The van der Waals surface area contributed by atoms with Gasteiger partial charge in [-0.1, -0.05) is 12.1 Å². The number of piperidine rings is 1. The average Bonchev–Trinajstić information content (AvgIpc) is 2.97. The Morgan fingerprint density at radius 2 is 2.36 bits per heavy atom. The molecule has 1 saturated heterocycles. The van der Waals surface area contributed by atoms with Gasteiger partial charge in [0, 0.05) is 30.0 Å². The van der Waals surface area contributed by atoms with Crippen molar-refractivity contribution in [2.75, 3.05) is 20.2 Å². The first-order valence-electron chi connectivity index (χ1n) is 9.07. The molecule has 5 heteroatoms. The number of likely N-dealkylation sites (tertiary alicyclic amines) is 1. The number of carbonyl (C=O) groups excluding carboxylic acids is 1. The van der Waals surface area contributed by atoms with Crippen LogP contribution in [0.15, 0.2) is 24.8 Å². The molecule has 1 aromatic rings. The molecule has 1 unspecified atom stereocenters. The minimum atomic E-state index is -0.575. The lowest BCUT2D eigenvalue weighted by Gasteiger charge is -2.58. The van der Waals surface area contributed by atoms with E-state index < -0.39 is 12.2 Å². The van der Waals surface area contributed by atoms with Gasteiger partial charge in [0.25, 0.3) is 0 Å². The standard InChI is InChI=1S/C20H23NO4/c1-3-9-21-10-8-20-12-5-6-13(22)19(20)25-18-14(24-2)7-4-11(15(18)20)17(23)16(12)21/h3-4,7,12,16-17,19,23H,1,5-6,8-10H2,2H3/t12-,16-,17?,19-,20-/m0/s1. The summed E-state index contributed by atoms with van der Waals surface area (Å²) in [6.07, 6.45) is 3.10. The van der Waals surface area contributed by atoms with Gasteiger partial charge in [0.2, 0.25) is 0 Å². The van der Waals surface area contributed by atoms with E-state index in [9.17, 15) is 9.90 Å². The van der Waals surface area contributed by atoms with Crippen LogP contribution < -0.4 is 9.47 Å². The van der Waals surface area contributed by atoms with Crippen molar-refractivity contribution < 1.29 is 19.4 Å². The maximum Gasteiger partial charge on any atom is 0.174 e. The second-order valence-electron chi connectivity index (χ2n) is 7.68. The van der Waals surface area contributed by atoms with E-state index in [0.717, 1.165) is 37.1 Å². The summed E-state index contributed by atoms with van der Waals surface area (Å²) in [7, 11) is 1.62. The number of Topliss-reactive ketones (excluding diaryl/α,β-unsaturated/α-hetero) is 1. The lowest BCUT2D eigenvalue weighted by molar-refractivity contribution is -0.144. The Kier molecular flexibility index (Phi) is 3.13. The summed E-state index contributed by atoms with van der Waals surface area (Å²) < 4.78 is 11.7. The van der Waals surface area contributed by atoms with Gasteiger partial charge in [-0.2, -0.15) is 0 Å². The minimum absolute atomic E-state index is 0.0118. The zero-order valence-corrected chi connectivity index (χ0v) is 14.4. The summed E-state index contributed by atoms with van der Waals surface area (Å²) in [5.74, 6) is 1.75. The zero-order chi connectivity index (χ0) is 17.3. The Hall–Kier alpha value is -1.85. The first kappa shape index (κ1) is 15.4. The molecule has 1 N–H and O–H groups in total. The van der Waals surface area contributed by atoms with Crippen LogP contribution in [0.1, 0.15) is 36.5 Å². The predicted octanol–water partition coefficient (Wildman–Crippen LogP) is 1.98. The number of ether oxygens (including phenoxy) is 2. The van der Waals surface area contributed by atoms with Crippen LogP contribution >= 0.6 is 0 Å². The number of nitrogens with zero attached hydrogens (tertiary/aromatic N) is 1. The van der Waals surface area contributed by atoms with Gasteiger partial charge in [0.05, 0.1) is 13.2 Å². The van der Waals surface area contributed by atoms with Crippen molar-refractivity contribution in [3.05, 3.63) is 35.9 Å². The van der Waals surface area contributed by atoms with Crippen molar-refractivity contribution in [1.82, 2.24) is 4.90 Å². The molecule has 2 heterocycles. The molecule has 2 aliphatic heterocycles. The van der Waals surface area contributed by atoms with Crippen LogP contribution in [-0.2, 0) is 10.2 Å². The van der Waals surface area contributed by atoms with Crippen LogP contribution in [0.25, 0.3) is 0 Å². The van der Waals surface area contributed by atoms with E-state index in [1.807, 2.05) is 18.2 Å². The molecule has 4 aliphatic rings. The Bertz CT molecular complexity index is 775. The van der Waals surface area contributed by atoms with Crippen LogP contribution in [0.2, 0.25) is 0 Å². The molecule has 2 aliphatic carbocycles. The van der Waals surface area contributed by atoms with Crippen LogP contribution in [0, 0.1) is 5.92 Å².